The maximum atomic E-state index is 11.4. The Morgan fingerprint density at radius 3 is 2.71 bits per heavy atom. The summed E-state index contributed by atoms with van der Waals surface area (Å²) >= 11 is 1.77. The van der Waals surface area contributed by atoms with Gasteiger partial charge in [0.05, 0.1) is 0 Å². The molecule has 1 unspecified atom stereocenters. The molecule has 0 aliphatic rings. The third-order valence-electron chi connectivity index (χ3n) is 2.01. The van der Waals surface area contributed by atoms with Gasteiger partial charge in [-0.2, -0.15) is 11.8 Å². The van der Waals surface area contributed by atoms with Crippen LogP contribution in [0.3, 0.4) is 0 Å². The Morgan fingerprint density at radius 1 is 1.50 bits per heavy atom. The van der Waals surface area contributed by atoms with Crippen LogP contribution in [0.15, 0.2) is 0 Å². The van der Waals surface area contributed by atoms with Gasteiger partial charge >= 0.3 is 0 Å². The van der Waals surface area contributed by atoms with Gasteiger partial charge in [-0.3, -0.25) is 4.79 Å². The molecule has 0 saturated carbocycles. The van der Waals surface area contributed by atoms with Crippen LogP contribution < -0.4 is 5.32 Å². The van der Waals surface area contributed by atoms with E-state index >= 15 is 0 Å². The number of aliphatic hydroxyl groups excluding tert-OH is 1. The molecule has 3 nitrogen and oxygen atoms in total. The predicted molar refractivity (Wildman–Crippen MR) is 61.5 cm³/mol. The molecule has 0 aliphatic carbocycles. The molecule has 2 N–H and O–H groups in total. The SMILES string of the molecule is CCSCCC(=O)NC(CC)CCO. The molecule has 4 heteroatoms. The summed E-state index contributed by atoms with van der Waals surface area (Å²) in [6, 6.07) is 0.138. The fourth-order valence-corrected chi connectivity index (χ4v) is 1.76. The molecule has 84 valence electrons. The van der Waals surface area contributed by atoms with Crippen molar-refractivity contribution in [3.8, 4) is 0 Å². The van der Waals surface area contributed by atoms with Crippen LogP contribution in [-0.2, 0) is 4.79 Å². The summed E-state index contributed by atoms with van der Waals surface area (Å²) in [4.78, 5) is 11.4. The molecule has 0 radical (unpaired) electrons. The van der Waals surface area contributed by atoms with Gasteiger partial charge < -0.3 is 10.4 Å². The van der Waals surface area contributed by atoms with Crippen LogP contribution >= 0.6 is 11.8 Å². The monoisotopic (exact) mass is 219 g/mol. The maximum Gasteiger partial charge on any atom is 0.221 e. The highest BCUT2D eigenvalue weighted by Crippen LogP contribution is 2.02. The molecular formula is C10H21NO2S. The van der Waals surface area contributed by atoms with Crippen LogP contribution in [0.25, 0.3) is 0 Å². The number of amides is 1. The van der Waals surface area contributed by atoms with Gasteiger partial charge in [0.25, 0.3) is 0 Å². The highest BCUT2D eigenvalue weighted by molar-refractivity contribution is 7.99. The number of rotatable bonds is 8. The Hall–Kier alpha value is -0.220. The number of thioether (sulfide) groups is 1. The largest absolute Gasteiger partial charge is 0.396 e. The van der Waals surface area contributed by atoms with Crippen LogP contribution in [0.4, 0.5) is 0 Å². The van der Waals surface area contributed by atoms with Gasteiger partial charge in [-0.05, 0) is 18.6 Å². The summed E-state index contributed by atoms with van der Waals surface area (Å²) in [6.07, 6.45) is 2.12. The van der Waals surface area contributed by atoms with Gasteiger partial charge in [0, 0.05) is 24.8 Å². The lowest BCUT2D eigenvalue weighted by molar-refractivity contribution is -0.121. The Labute approximate surface area is 90.7 Å². The highest BCUT2D eigenvalue weighted by Gasteiger charge is 2.08. The van der Waals surface area contributed by atoms with Crippen molar-refractivity contribution in [3.63, 3.8) is 0 Å². The van der Waals surface area contributed by atoms with E-state index < -0.39 is 0 Å². The Bertz CT molecular complexity index is 153. The van der Waals surface area contributed by atoms with Crippen molar-refractivity contribution in [1.29, 1.82) is 0 Å². The van der Waals surface area contributed by atoms with E-state index in [-0.39, 0.29) is 18.6 Å². The third-order valence-corrected chi connectivity index (χ3v) is 2.91. The summed E-state index contributed by atoms with van der Waals surface area (Å²) in [7, 11) is 0. The molecule has 0 bridgehead atoms. The molecular weight excluding hydrogens is 198 g/mol. The molecule has 0 aromatic carbocycles. The average molecular weight is 219 g/mol. The Kier molecular flexibility index (Phi) is 9.19. The second-order valence-corrected chi connectivity index (χ2v) is 4.53. The maximum absolute atomic E-state index is 11.4. The topological polar surface area (TPSA) is 49.3 Å². The first-order valence-corrected chi connectivity index (χ1v) is 6.38. The Balaban J connectivity index is 3.56. The number of hydrogen-bond acceptors (Lipinski definition) is 3. The standard InChI is InChI=1S/C10H21NO2S/c1-3-9(5-7-12)11-10(13)6-8-14-4-2/h9,12H,3-8H2,1-2H3,(H,11,13). The lowest BCUT2D eigenvalue weighted by atomic mass is 10.1. The van der Waals surface area contributed by atoms with Gasteiger partial charge in [0.2, 0.25) is 5.91 Å². The molecule has 0 saturated heterocycles. The minimum Gasteiger partial charge on any atom is -0.396 e. The van der Waals surface area contributed by atoms with Crippen LogP contribution in [0, 0.1) is 0 Å². The van der Waals surface area contributed by atoms with Gasteiger partial charge in [0.15, 0.2) is 0 Å². The number of aliphatic hydroxyl groups is 1. The zero-order valence-electron chi connectivity index (χ0n) is 9.08. The van der Waals surface area contributed by atoms with Crippen LogP contribution in [-0.4, -0.2) is 35.2 Å². The van der Waals surface area contributed by atoms with Gasteiger partial charge in [-0.25, -0.2) is 0 Å². The zero-order chi connectivity index (χ0) is 10.8. The van der Waals surface area contributed by atoms with Gasteiger partial charge in [-0.15, -0.1) is 0 Å². The van der Waals surface area contributed by atoms with Crippen molar-refractivity contribution in [1.82, 2.24) is 5.32 Å². The molecule has 14 heavy (non-hydrogen) atoms. The number of nitrogens with one attached hydrogen (secondary N) is 1. The lowest BCUT2D eigenvalue weighted by Crippen LogP contribution is -2.35. The molecule has 0 rings (SSSR count). The molecule has 0 aliphatic heterocycles. The second-order valence-electron chi connectivity index (χ2n) is 3.13. The molecule has 0 aromatic rings. The first-order chi connectivity index (χ1) is 6.74. The molecule has 0 spiro atoms. The molecule has 0 heterocycles. The van der Waals surface area contributed by atoms with E-state index in [1.165, 1.54) is 0 Å². The molecule has 1 atom stereocenters. The summed E-state index contributed by atoms with van der Waals surface area (Å²) in [5, 5.41) is 11.7. The first-order valence-electron chi connectivity index (χ1n) is 5.22. The van der Waals surface area contributed by atoms with E-state index in [0.29, 0.717) is 12.8 Å². The van der Waals surface area contributed by atoms with Crippen molar-refractivity contribution in [2.75, 3.05) is 18.1 Å². The normalized spacial score (nSPS) is 12.5. The van der Waals surface area contributed by atoms with Crippen molar-refractivity contribution in [2.24, 2.45) is 0 Å². The van der Waals surface area contributed by atoms with E-state index in [2.05, 4.69) is 12.2 Å². The fraction of sp³-hybridized carbons (Fsp3) is 0.900. The van der Waals surface area contributed by atoms with Crippen molar-refractivity contribution in [2.45, 2.75) is 39.2 Å². The highest BCUT2D eigenvalue weighted by atomic mass is 32.2. The van der Waals surface area contributed by atoms with Crippen LogP contribution in [0.5, 0.6) is 0 Å². The number of hydrogen-bond donors (Lipinski definition) is 2. The van der Waals surface area contributed by atoms with E-state index in [4.69, 9.17) is 5.11 Å². The second kappa shape index (κ2) is 9.34. The van der Waals surface area contributed by atoms with E-state index in [1.54, 1.807) is 11.8 Å². The fourth-order valence-electron chi connectivity index (χ4n) is 1.14. The molecule has 0 fully saturated rings. The predicted octanol–water partition coefficient (Wildman–Crippen LogP) is 1.41. The number of carbonyl (C=O) groups excluding carboxylic acids is 1. The lowest BCUT2D eigenvalue weighted by Gasteiger charge is -2.15. The van der Waals surface area contributed by atoms with E-state index in [0.717, 1.165) is 17.9 Å². The van der Waals surface area contributed by atoms with Gasteiger partial charge in [-0.1, -0.05) is 13.8 Å². The summed E-state index contributed by atoms with van der Waals surface area (Å²) in [5.74, 6) is 2.05. The minimum atomic E-state index is 0.103. The molecule has 0 aromatic heterocycles. The van der Waals surface area contributed by atoms with E-state index in [9.17, 15) is 4.79 Å². The van der Waals surface area contributed by atoms with Crippen LogP contribution in [0.2, 0.25) is 0 Å². The van der Waals surface area contributed by atoms with Crippen molar-refractivity contribution >= 4 is 17.7 Å². The smallest absolute Gasteiger partial charge is 0.221 e. The first kappa shape index (κ1) is 13.8. The minimum absolute atomic E-state index is 0.103. The third kappa shape index (κ3) is 7.21. The average Bonchev–Trinajstić information content (AvgIpc) is 2.17. The Morgan fingerprint density at radius 2 is 2.21 bits per heavy atom. The molecule has 1 amide bonds. The van der Waals surface area contributed by atoms with Gasteiger partial charge in [0.1, 0.15) is 0 Å². The van der Waals surface area contributed by atoms with Crippen molar-refractivity contribution in [3.05, 3.63) is 0 Å². The zero-order valence-corrected chi connectivity index (χ0v) is 9.90. The quantitative estimate of drug-likeness (QED) is 0.607. The summed E-state index contributed by atoms with van der Waals surface area (Å²) in [6.45, 7) is 4.24. The van der Waals surface area contributed by atoms with Crippen LogP contribution in [0.1, 0.15) is 33.1 Å². The summed E-state index contributed by atoms with van der Waals surface area (Å²) in [5.41, 5.74) is 0. The number of carbonyl (C=O) groups is 1. The summed E-state index contributed by atoms with van der Waals surface area (Å²) < 4.78 is 0. The van der Waals surface area contributed by atoms with E-state index in [1.807, 2.05) is 6.92 Å². The van der Waals surface area contributed by atoms with Crippen molar-refractivity contribution < 1.29 is 9.90 Å².